The van der Waals surface area contributed by atoms with E-state index in [2.05, 4.69) is 11.5 Å². The normalized spacial score (nSPS) is 18.9. The van der Waals surface area contributed by atoms with Gasteiger partial charge >= 0.3 is 0 Å². The predicted molar refractivity (Wildman–Crippen MR) is 52.4 cm³/mol. The van der Waals surface area contributed by atoms with Gasteiger partial charge in [-0.15, -0.1) is 5.54 Å². The molecule has 0 radical (unpaired) electrons. The number of carbonyl (C=O) groups is 1. The lowest BCUT2D eigenvalue weighted by Gasteiger charge is -2.19. The molecule has 0 bridgehead atoms. The minimum absolute atomic E-state index is 0.505. The van der Waals surface area contributed by atoms with E-state index < -0.39 is 30.2 Å². The van der Waals surface area contributed by atoms with E-state index in [1.54, 1.807) is 0 Å². The molecule has 4 atom stereocenters. The number of aliphatic hydroxyl groups is 4. The highest BCUT2D eigenvalue weighted by Gasteiger charge is 2.31. The van der Waals surface area contributed by atoms with E-state index in [-0.39, 0.29) is 0 Å². The van der Waals surface area contributed by atoms with E-state index in [1.165, 1.54) is 6.92 Å². The molecular weight excluding hydrogens is 204 g/mol. The fourth-order valence-corrected chi connectivity index (χ4v) is 1.08. The molecule has 0 aliphatic heterocycles. The van der Waals surface area contributed by atoms with Crippen LogP contribution in [0.2, 0.25) is 0 Å². The summed E-state index contributed by atoms with van der Waals surface area (Å²) in [4.78, 5) is 11.1. The fourth-order valence-electron chi connectivity index (χ4n) is 0.802. The van der Waals surface area contributed by atoms with Gasteiger partial charge in [-0.05, 0) is 6.92 Å². The highest BCUT2D eigenvalue weighted by molar-refractivity contribution is 6.22. The first kappa shape index (κ1) is 13.3. The van der Waals surface area contributed by atoms with E-state index in [4.69, 9.17) is 15.3 Å². The molecule has 0 heterocycles. The summed E-state index contributed by atoms with van der Waals surface area (Å²) in [5.74, 6) is 1.19. The average Bonchev–Trinajstić information content (AvgIpc) is 2.14. The van der Waals surface area contributed by atoms with Crippen molar-refractivity contribution in [2.24, 2.45) is 0 Å². The highest BCUT2D eigenvalue weighted by atomic mass is 28.1. The van der Waals surface area contributed by atoms with Gasteiger partial charge in [-0.1, -0.05) is 5.92 Å². The van der Waals surface area contributed by atoms with E-state index in [1.807, 2.05) is 0 Å². The molecule has 0 aliphatic carbocycles. The van der Waals surface area contributed by atoms with Gasteiger partial charge in [0.2, 0.25) is 5.78 Å². The third-order valence-electron chi connectivity index (χ3n) is 1.66. The molecule has 0 aliphatic rings. The molecule has 4 N–H and O–H groups in total. The molecule has 0 rings (SSSR count). The maximum atomic E-state index is 11.1. The van der Waals surface area contributed by atoms with Gasteiger partial charge in [-0.25, -0.2) is 0 Å². The minimum atomic E-state index is -1.81. The van der Waals surface area contributed by atoms with Crippen molar-refractivity contribution in [2.45, 2.75) is 31.3 Å². The van der Waals surface area contributed by atoms with Crippen LogP contribution in [0.1, 0.15) is 6.92 Å². The van der Waals surface area contributed by atoms with Crippen LogP contribution in [0.4, 0.5) is 0 Å². The molecule has 0 saturated carbocycles. The number of rotatable bonds is 4. The Kier molecular flexibility index (Phi) is 5.60. The average molecular weight is 218 g/mol. The van der Waals surface area contributed by atoms with E-state index in [9.17, 15) is 9.90 Å². The molecule has 0 saturated heterocycles. The molecule has 0 amide bonds. The topological polar surface area (TPSA) is 98.0 Å². The number of aliphatic hydroxyl groups excluding tert-OH is 4. The van der Waals surface area contributed by atoms with Crippen LogP contribution in [-0.4, -0.2) is 60.9 Å². The van der Waals surface area contributed by atoms with E-state index in [0.717, 1.165) is 0 Å². The van der Waals surface area contributed by atoms with Crippen LogP contribution < -0.4 is 0 Å². The first-order valence-corrected chi connectivity index (χ1v) is 5.10. The lowest BCUT2D eigenvalue weighted by molar-refractivity contribution is -0.143. The first-order valence-electron chi connectivity index (χ1n) is 4.10. The van der Waals surface area contributed by atoms with Gasteiger partial charge in [0.15, 0.2) is 6.10 Å². The molecule has 5 nitrogen and oxygen atoms in total. The zero-order chi connectivity index (χ0) is 11.3. The summed E-state index contributed by atoms with van der Waals surface area (Å²) in [7, 11) is 0.505. The third kappa shape index (κ3) is 3.57. The van der Waals surface area contributed by atoms with Crippen LogP contribution in [0, 0.1) is 11.5 Å². The monoisotopic (exact) mass is 218 g/mol. The Morgan fingerprint density at radius 1 is 1.29 bits per heavy atom. The Labute approximate surface area is 84.8 Å². The van der Waals surface area contributed by atoms with Gasteiger partial charge < -0.3 is 20.4 Å². The summed E-state index contributed by atoms with van der Waals surface area (Å²) in [6, 6.07) is 0. The molecule has 0 aromatic carbocycles. The Bertz CT molecular complexity index is 254. The maximum absolute atomic E-state index is 11.1. The Balaban J connectivity index is 4.43. The van der Waals surface area contributed by atoms with Crippen molar-refractivity contribution in [3.63, 3.8) is 0 Å². The third-order valence-corrected chi connectivity index (χ3v) is 1.95. The summed E-state index contributed by atoms with van der Waals surface area (Å²) in [6.07, 6.45) is -6.26. The summed E-state index contributed by atoms with van der Waals surface area (Å²) in [5.41, 5.74) is 2.43. The highest BCUT2D eigenvalue weighted by Crippen LogP contribution is 2.03. The Hall–Kier alpha value is -0.713. The molecule has 0 aromatic rings. The van der Waals surface area contributed by atoms with Gasteiger partial charge in [-0.2, -0.15) is 0 Å². The van der Waals surface area contributed by atoms with Gasteiger partial charge in [0.1, 0.15) is 12.2 Å². The van der Waals surface area contributed by atoms with Crippen molar-refractivity contribution >= 4 is 16.0 Å². The van der Waals surface area contributed by atoms with E-state index >= 15 is 0 Å². The van der Waals surface area contributed by atoms with Gasteiger partial charge in [0, 0.05) is 0 Å². The minimum Gasteiger partial charge on any atom is -0.391 e. The molecular formula is C8H14O5Si. The van der Waals surface area contributed by atoms with Crippen LogP contribution in [-0.2, 0) is 4.79 Å². The van der Waals surface area contributed by atoms with Crippen molar-refractivity contribution in [2.75, 3.05) is 0 Å². The SMILES string of the molecule is C[C@@H](O)[C@H](O)[C@H](O)C(=O)C(O)C#C[SiH3]. The van der Waals surface area contributed by atoms with Crippen LogP contribution in [0.25, 0.3) is 0 Å². The lowest BCUT2D eigenvalue weighted by Crippen LogP contribution is -2.44. The van der Waals surface area contributed by atoms with Crippen LogP contribution in [0.3, 0.4) is 0 Å². The zero-order valence-corrected chi connectivity index (χ0v) is 10.0. The molecule has 0 aromatic heterocycles. The van der Waals surface area contributed by atoms with E-state index in [0.29, 0.717) is 10.2 Å². The van der Waals surface area contributed by atoms with Gasteiger partial charge in [-0.3, -0.25) is 4.79 Å². The van der Waals surface area contributed by atoms with Crippen molar-refractivity contribution in [3.8, 4) is 11.5 Å². The molecule has 6 heteroatoms. The summed E-state index contributed by atoms with van der Waals surface area (Å²) in [5, 5.41) is 36.2. The van der Waals surface area contributed by atoms with Crippen molar-refractivity contribution in [1.29, 1.82) is 0 Å². The lowest BCUT2D eigenvalue weighted by atomic mass is 10.0. The first-order chi connectivity index (χ1) is 6.41. The standard InChI is InChI=1S/C8H14O5Si/c1-4(9)6(11)8(13)7(12)5(10)2-3-14/h4-6,8-11,13H,1,14H3/t4-,5?,6+,8+/m1/s1. The van der Waals surface area contributed by atoms with Crippen LogP contribution >= 0.6 is 0 Å². The number of ketones is 1. The summed E-state index contributed by atoms with van der Waals surface area (Å²) in [6.45, 7) is 1.23. The largest absolute Gasteiger partial charge is 0.391 e. The molecule has 14 heavy (non-hydrogen) atoms. The van der Waals surface area contributed by atoms with Crippen LogP contribution in [0.5, 0.6) is 0 Å². The van der Waals surface area contributed by atoms with Crippen molar-refractivity contribution in [1.82, 2.24) is 0 Å². The second-order valence-electron chi connectivity index (χ2n) is 2.88. The molecule has 1 unspecified atom stereocenters. The smallest absolute Gasteiger partial charge is 0.204 e. The molecule has 0 fully saturated rings. The predicted octanol–water partition coefficient (Wildman–Crippen LogP) is -3.65. The van der Waals surface area contributed by atoms with Crippen molar-refractivity contribution in [3.05, 3.63) is 0 Å². The van der Waals surface area contributed by atoms with Gasteiger partial charge in [0.25, 0.3) is 0 Å². The summed E-state index contributed by atoms with van der Waals surface area (Å²) < 4.78 is 0. The number of hydrogen-bond donors (Lipinski definition) is 4. The summed E-state index contributed by atoms with van der Waals surface area (Å²) >= 11 is 0. The second kappa shape index (κ2) is 5.90. The number of hydrogen-bond acceptors (Lipinski definition) is 5. The second-order valence-corrected chi connectivity index (χ2v) is 3.38. The fraction of sp³-hybridized carbons (Fsp3) is 0.625. The van der Waals surface area contributed by atoms with Crippen molar-refractivity contribution < 1.29 is 25.2 Å². The maximum Gasteiger partial charge on any atom is 0.204 e. The molecule has 0 spiro atoms. The molecule has 80 valence electrons. The Morgan fingerprint density at radius 3 is 2.14 bits per heavy atom. The number of Topliss-reactive ketones (excluding diaryl/α,β-unsaturated/α-hetero) is 1. The number of carbonyl (C=O) groups excluding carboxylic acids is 1. The quantitative estimate of drug-likeness (QED) is 0.288. The van der Waals surface area contributed by atoms with Gasteiger partial charge in [0.05, 0.1) is 16.3 Å². The Morgan fingerprint density at radius 2 is 1.79 bits per heavy atom. The zero-order valence-electron chi connectivity index (χ0n) is 8.01. The van der Waals surface area contributed by atoms with Crippen LogP contribution in [0.15, 0.2) is 0 Å².